The summed E-state index contributed by atoms with van der Waals surface area (Å²) < 4.78 is 12.5. The van der Waals surface area contributed by atoms with Gasteiger partial charge < -0.3 is 9.47 Å². The Labute approximate surface area is 138 Å². The van der Waals surface area contributed by atoms with E-state index in [4.69, 9.17) is 9.47 Å². The number of carbonyl (C=O) groups excluding carboxylic acids is 1. The molecule has 1 unspecified atom stereocenters. The lowest BCUT2D eigenvalue weighted by molar-refractivity contribution is 0.0849. The van der Waals surface area contributed by atoms with Gasteiger partial charge in [-0.15, -0.1) is 0 Å². The minimum atomic E-state index is -0.235. The molecule has 0 amide bonds. The molecule has 0 aromatic heterocycles. The molecule has 3 rings (SSSR count). The number of hydrogen-bond donors (Lipinski definition) is 0. The van der Waals surface area contributed by atoms with E-state index >= 15 is 0 Å². The van der Waals surface area contributed by atoms with Gasteiger partial charge in [-0.1, -0.05) is 37.3 Å². The average Bonchev–Trinajstić information content (AvgIpc) is 2.54. The average molecular weight is 361 g/mol. The van der Waals surface area contributed by atoms with E-state index in [-0.39, 0.29) is 11.9 Å². The largest absolute Gasteiger partial charge is 0.492 e. The van der Waals surface area contributed by atoms with E-state index in [1.54, 1.807) is 6.07 Å². The van der Waals surface area contributed by atoms with Gasteiger partial charge in [0.1, 0.15) is 17.6 Å². The van der Waals surface area contributed by atoms with Gasteiger partial charge in [-0.3, -0.25) is 4.79 Å². The van der Waals surface area contributed by atoms with Crippen molar-refractivity contribution in [3.63, 3.8) is 0 Å². The fraction of sp³-hybridized carbons (Fsp3) is 0.278. The molecule has 1 aliphatic heterocycles. The highest BCUT2D eigenvalue weighted by atomic mass is 79.9. The van der Waals surface area contributed by atoms with Crippen LogP contribution < -0.4 is 9.47 Å². The number of carbonyl (C=O) groups is 1. The van der Waals surface area contributed by atoms with Crippen molar-refractivity contribution in [3.8, 4) is 11.5 Å². The Morgan fingerprint density at radius 2 is 2.05 bits per heavy atom. The van der Waals surface area contributed by atoms with Gasteiger partial charge in [-0.25, -0.2) is 0 Å². The van der Waals surface area contributed by atoms with Crippen molar-refractivity contribution in [3.05, 3.63) is 58.1 Å². The fourth-order valence-corrected chi connectivity index (χ4v) is 2.96. The molecule has 114 valence electrons. The lowest BCUT2D eigenvalue weighted by atomic mass is 9.96. The van der Waals surface area contributed by atoms with Crippen molar-refractivity contribution in [2.24, 2.45) is 0 Å². The van der Waals surface area contributed by atoms with Crippen molar-refractivity contribution in [2.75, 3.05) is 6.61 Å². The Morgan fingerprint density at radius 1 is 1.27 bits per heavy atom. The molecule has 0 saturated carbocycles. The highest BCUT2D eigenvalue weighted by Gasteiger charge is 2.28. The smallest absolute Gasteiger partial charge is 0.170 e. The number of rotatable bonds is 4. The van der Waals surface area contributed by atoms with Crippen LogP contribution in [-0.2, 0) is 0 Å². The number of ketones is 1. The molecule has 4 heteroatoms. The number of halogens is 1. The van der Waals surface area contributed by atoms with Crippen LogP contribution in [0.4, 0.5) is 0 Å². The Hall–Kier alpha value is -1.81. The van der Waals surface area contributed by atoms with E-state index in [1.165, 1.54) is 0 Å². The fourth-order valence-electron chi connectivity index (χ4n) is 2.50. The first-order valence-electron chi connectivity index (χ1n) is 7.40. The van der Waals surface area contributed by atoms with E-state index < -0.39 is 0 Å². The Kier molecular flexibility index (Phi) is 4.48. The summed E-state index contributed by atoms with van der Waals surface area (Å²) in [7, 11) is 0. The van der Waals surface area contributed by atoms with Crippen LogP contribution in [0.1, 0.15) is 41.8 Å². The molecular weight excluding hydrogens is 344 g/mol. The summed E-state index contributed by atoms with van der Waals surface area (Å²) in [5.74, 6) is 1.40. The maximum Gasteiger partial charge on any atom is 0.170 e. The first-order valence-corrected chi connectivity index (χ1v) is 8.19. The summed E-state index contributed by atoms with van der Waals surface area (Å²) in [6.07, 6.45) is 1.05. The molecule has 0 bridgehead atoms. The minimum Gasteiger partial charge on any atom is -0.492 e. The number of fused-ring (bicyclic) bond motifs is 1. The van der Waals surface area contributed by atoms with Gasteiger partial charge in [-0.2, -0.15) is 0 Å². The lowest BCUT2D eigenvalue weighted by Gasteiger charge is -2.26. The first kappa shape index (κ1) is 15.1. The van der Waals surface area contributed by atoms with E-state index in [0.29, 0.717) is 30.1 Å². The second kappa shape index (κ2) is 6.53. The van der Waals surface area contributed by atoms with Crippen LogP contribution in [-0.4, -0.2) is 12.4 Å². The molecule has 0 spiro atoms. The molecule has 2 aromatic rings. The van der Waals surface area contributed by atoms with Gasteiger partial charge in [0.05, 0.1) is 23.1 Å². The first-order chi connectivity index (χ1) is 10.7. The number of benzene rings is 2. The number of Topliss-reactive ketones (excluding diaryl/α,β-unsaturated/α-hetero) is 1. The summed E-state index contributed by atoms with van der Waals surface area (Å²) in [5.41, 5.74) is 1.63. The molecule has 0 radical (unpaired) electrons. The van der Waals surface area contributed by atoms with Crippen LogP contribution in [0.2, 0.25) is 0 Å². The molecule has 3 nitrogen and oxygen atoms in total. The number of hydrogen-bond acceptors (Lipinski definition) is 3. The highest BCUT2D eigenvalue weighted by molar-refractivity contribution is 9.10. The summed E-state index contributed by atoms with van der Waals surface area (Å²) in [6, 6.07) is 13.4. The quantitative estimate of drug-likeness (QED) is 0.774. The molecule has 1 heterocycles. The minimum absolute atomic E-state index is 0.0952. The van der Waals surface area contributed by atoms with Crippen molar-refractivity contribution < 1.29 is 14.3 Å². The van der Waals surface area contributed by atoms with E-state index in [2.05, 4.69) is 22.9 Å². The van der Waals surface area contributed by atoms with Gasteiger partial charge in [0.15, 0.2) is 5.78 Å². The van der Waals surface area contributed by atoms with Gasteiger partial charge >= 0.3 is 0 Å². The number of ether oxygens (including phenoxy) is 2. The van der Waals surface area contributed by atoms with Crippen molar-refractivity contribution in [2.45, 2.75) is 25.9 Å². The molecule has 1 atom stereocenters. The Morgan fingerprint density at radius 3 is 2.77 bits per heavy atom. The second-order valence-corrected chi connectivity index (χ2v) is 6.13. The SMILES string of the molecule is CCCOc1cc2c(cc1Br)C(=O)CC(c1ccccc1)O2. The van der Waals surface area contributed by atoms with Crippen LogP contribution in [0, 0.1) is 0 Å². The van der Waals surface area contributed by atoms with Crippen molar-refractivity contribution in [1.29, 1.82) is 0 Å². The van der Waals surface area contributed by atoms with Crippen molar-refractivity contribution >= 4 is 21.7 Å². The topological polar surface area (TPSA) is 35.5 Å². The highest BCUT2D eigenvalue weighted by Crippen LogP contribution is 2.40. The van der Waals surface area contributed by atoms with Crippen LogP contribution in [0.25, 0.3) is 0 Å². The standard InChI is InChI=1S/C18H17BrO3/c1-2-8-21-18-11-17-13(9-14(18)19)15(20)10-16(22-17)12-6-4-3-5-7-12/h3-7,9,11,16H,2,8,10H2,1H3. The lowest BCUT2D eigenvalue weighted by Crippen LogP contribution is -2.20. The third-order valence-electron chi connectivity index (χ3n) is 3.61. The maximum atomic E-state index is 12.4. The summed E-state index contributed by atoms with van der Waals surface area (Å²) in [6.45, 7) is 2.69. The predicted molar refractivity (Wildman–Crippen MR) is 88.7 cm³/mol. The summed E-state index contributed by atoms with van der Waals surface area (Å²) in [5, 5.41) is 0. The monoisotopic (exact) mass is 360 g/mol. The Balaban J connectivity index is 1.92. The molecule has 1 aliphatic rings. The molecule has 0 fully saturated rings. The van der Waals surface area contributed by atoms with E-state index in [9.17, 15) is 4.79 Å². The normalized spacial score (nSPS) is 16.8. The predicted octanol–water partition coefficient (Wildman–Crippen LogP) is 4.94. The van der Waals surface area contributed by atoms with Gasteiger partial charge in [0, 0.05) is 6.07 Å². The summed E-state index contributed by atoms with van der Waals surface area (Å²) in [4.78, 5) is 12.4. The molecule has 2 aromatic carbocycles. The van der Waals surface area contributed by atoms with E-state index in [1.807, 2.05) is 36.4 Å². The van der Waals surface area contributed by atoms with Gasteiger partial charge in [0.25, 0.3) is 0 Å². The van der Waals surface area contributed by atoms with Crippen LogP contribution >= 0.6 is 15.9 Å². The zero-order valence-corrected chi connectivity index (χ0v) is 13.9. The molecule has 22 heavy (non-hydrogen) atoms. The second-order valence-electron chi connectivity index (χ2n) is 5.27. The molecular formula is C18H17BrO3. The molecule has 0 N–H and O–H groups in total. The van der Waals surface area contributed by atoms with Crippen molar-refractivity contribution in [1.82, 2.24) is 0 Å². The maximum absolute atomic E-state index is 12.4. The summed E-state index contributed by atoms with van der Waals surface area (Å²) >= 11 is 3.46. The molecule has 0 aliphatic carbocycles. The third kappa shape index (κ3) is 3.02. The zero-order valence-electron chi connectivity index (χ0n) is 12.3. The van der Waals surface area contributed by atoms with Crippen LogP contribution in [0.5, 0.6) is 11.5 Å². The third-order valence-corrected chi connectivity index (χ3v) is 4.23. The zero-order chi connectivity index (χ0) is 15.5. The van der Waals surface area contributed by atoms with Crippen LogP contribution in [0.15, 0.2) is 46.9 Å². The molecule has 0 saturated heterocycles. The van der Waals surface area contributed by atoms with E-state index in [0.717, 1.165) is 16.5 Å². The Bertz CT molecular complexity index is 682. The van der Waals surface area contributed by atoms with Crippen LogP contribution in [0.3, 0.4) is 0 Å². The van der Waals surface area contributed by atoms with Gasteiger partial charge in [0.2, 0.25) is 0 Å². The van der Waals surface area contributed by atoms with Gasteiger partial charge in [-0.05, 0) is 34.0 Å².